The highest BCUT2D eigenvalue weighted by atomic mass is 16.4. The Hall–Kier alpha value is -1.39. The molecule has 16 heavy (non-hydrogen) atoms. The van der Waals surface area contributed by atoms with Gasteiger partial charge in [-0.05, 0) is 24.0 Å². The summed E-state index contributed by atoms with van der Waals surface area (Å²) in [6.45, 7) is -0.330. The van der Waals surface area contributed by atoms with Crippen LogP contribution in [0.15, 0.2) is 24.3 Å². The highest BCUT2D eigenvalue weighted by Crippen LogP contribution is 2.48. The molecule has 1 atom stereocenters. The second-order valence-electron chi connectivity index (χ2n) is 4.21. The van der Waals surface area contributed by atoms with E-state index in [-0.39, 0.29) is 6.61 Å². The summed E-state index contributed by atoms with van der Waals surface area (Å²) in [4.78, 5) is 11.1. The summed E-state index contributed by atoms with van der Waals surface area (Å²) in [6, 6.07) is 6.77. The second-order valence-corrected chi connectivity index (χ2v) is 4.21. The predicted octanol–water partition coefficient (Wildman–Crippen LogP) is 0.829. The molecule has 0 spiro atoms. The minimum absolute atomic E-state index is 0.330. The van der Waals surface area contributed by atoms with Gasteiger partial charge in [0.25, 0.3) is 0 Å². The average molecular weight is 222 g/mol. The zero-order valence-electron chi connectivity index (χ0n) is 8.76. The first-order valence-electron chi connectivity index (χ1n) is 5.23. The molecule has 4 nitrogen and oxygen atoms in total. The van der Waals surface area contributed by atoms with Gasteiger partial charge in [0.15, 0.2) is 0 Å². The van der Waals surface area contributed by atoms with Crippen molar-refractivity contribution in [3.63, 3.8) is 0 Å². The molecule has 0 radical (unpaired) electrons. The first-order chi connectivity index (χ1) is 7.60. The van der Waals surface area contributed by atoms with Crippen LogP contribution in [0.25, 0.3) is 0 Å². The molecule has 1 aromatic rings. The van der Waals surface area contributed by atoms with Gasteiger partial charge >= 0.3 is 5.97 Å². The lowest BCUT2D eigenvalue weighted by atomic mass is 9.94. The number of rotatable bonds is 4. The number of hydrogen-bond acceptors (Lipinski definition) is 3. The van der Waals surface area contributed by atoms with Gasteiger partial charge in [-0.2, -0.15) is 0 Å². The molecule has 4 heteroatoms. The lowest BCUT2D eigenvalue weighted by Gasteiger charge is -2.12. The Morgan fingerprint density at radius 3 is 2.25 bits per heavy atom. The standard InChI is InChI=1S/C12H14O4/c13-7-10(14)8-1-3-9(4-2-8)12(5-6-12)11(15)16/h1-4,10,13-14H,5-7H2,(H,15,16). The first kappa shape index (κ1) is 11.1. The fourth-order valence-corrected chi connectivity index (χ4v) is 1.88. The topological polar surface area (TPSA) is 77.8 Å². The maximum absolute atomic E-state index is 11.1. The normalized spacial score (nSPS) is 19.1. The van der Waals surface area contributed by atoms with Crippen molar-refractivity contribution in [2.45, 2.75) is 24.4 Å². The number of aliphatic hydroxyl groups is 2. The Balaban J connectivity index is 2.23. The van der Waals surface area contributed by atoms with Crippen LogP contribution in [0, 0.1) is 0 Å². The molecule has 1 aliphatic rings. The summed E-state index contributed by atoms with van der Waals surface area (Å²) < 4.78 is 0. The first-order valence-corrected chi connectivity index (χ1v) is 5.23. The molecule has 0 aliphatic heterocycles. The van der Waals surface area contributed by atoms with Gasteiger partial charge in [-0.3, -0.25) is 4.79 Å². The van der Waals surface area contributed by atoms with Crippen LogP contribution in [0.5, 0.6) is 0 Å². The van der Waals surface area contributed by atoms with Gasteiger partial charge in [-0.25, -0.2) is 0 Å². The van der Waals surface area contributed by atoms with Crippen molar-refractivity contribution in [3.8, 4) is 0 Å². The smallest absolute Gasteiger partial charge is 0.314 e. The van der Waals surface area contributed by atoms with Gasteiger partial charge in [-0.1, -0.05) is 24.3 Å². The maximum atomic E-state index is 11.1. The van der Waals surface area contributed by atoms with Gasteiger partial charge < -0.3 is 15.3 Å². The molecule has 0 heterocycles. The van der Waals surface area contributed by atoms with Gasteiger partial charge in [0, 0.05) is 0 Å². The fraction of sp³-hybridized carbons (Fsp3) is 0.417. The Labute approximate surface area is 93.2 Å². The van der Waals surface area contributed by atoms with Crippen molar-refractivity contribution in [2.75, 3.05) is 6.61 Å². The molecule has 1 aliphatic carbocycles. The van der Waals surface area contributed by atoms with Crippen LogP contribution in [0.1, 0.15) is 30.1 Å². The molecule has 1 saturated carbocycles. The molecule has 1 fully saturated rings. The largest absolute Gasteiger partial charge is 0.481 e. The van der Waals surface area contributed by atoms with Gasteiger partial charge in [-0.15, -0.1) is 0 Å². The van der Waals surface area contributed by atoms with E-state index in [0.717, 1.165) is 5.56 Å². The third-order valence-electron chi connectivity index (χ3n) is 3.18. The quantitative estimate of drug-likeness (QED) is 0.705. The summed E-state index contributed by atoms with van der Waals surface area (Å²) in [5.41, 5.74) is 0.671. The van der Waals surface area contributed by atoms with Gasteiger partial charge in [0.05, 0.1) is 12.0 Å². The molecule has 3 N–H and O–H groups in total. The Morgan fingerprint density at radius 2 is 1.88 bits per heavy atom. The van der Waals surface area contributed by atoms with E-state index in [9.17, 15) is 9.90 Å². The third-order valence-corrected chi connectivity index (χ3v) is 3.18. The Kier molecular flexibility index (Phi) is 2.69. The second kappa shape index (κ2) is 3.88. The van der Waals surface area contributed by atoms with Crippen LogP contribution in [0.2, 0.25) is 0 Å². The van der Waals surface area contributed by atoms with E-state index in [1.165, 1.54) is 0 Å². The van der Waals surface area contributed by atoms with Crippen molar-refractivity contribution in [1.29, 1.82) is 0 Å². The van der Waals surface area contributed by atoms with Crippen LogP contribution in [0.3, 0.4) is 0 Å². The molecule has 0 aromatic heterocycles. The average Bonchev–Trinajstić information content (AvgIpc) is 3.09. The summed E-state index contributed by atoms with van der Waals surface area (Å²) in [5, 5.41) is 27.2. The molecule has 1 unspecified atom stereocenters. The molecule has 0 saturated heterocycles. The van der Waals surface area contributed by atoms with Crippen LogP contribution in [-0.4, -0.2) is 27.9 Å². The molecular weight excluding hydrogens is 208 g/mol. The van der Waals surface area contributed by atoms with Crippen molar-refractivity contribution in [1.82, 2.24) is 0 Å². The van der Waals surface area contributed by atoms with E-state index in [0.29, 0.717) is 18.4 Å². The lowest BCUT2D eigenvalue weighted by Crippen LogP contribution is -2.19. The summed E-state index contributed by atoms with van der Waals surface area (Å²) in [6.07, 6.45) is 0.447. The van der Waals surface area contributed by atoms with Crippen LogP contribution in [-0.2, 0) is 10.2 Å². The number of aliphatic hydroxyl groups excluding tert-OH is 2. The number of aliphatic carboxylic acids is 1. The van der Waals surface area contributed by atoms with Crippen molar-refractivity contribution < 1.29 is 20.1 Å². The highest BCUT2D eigenvalue weighted by Gasteiger charge is 2.51. The maximum Gasteiger partial charge on any atom is 0.314 e. The van der Waals surface area contributed by atoms with E-state index < -0.39 is 17.5 Å². The SMILES string of the molecule is O=C(O)C1(c2ccc(C(O)CO)cc2)CC1. The zero-order chi connectivity index (χ0) is 11.8. The minimum atomic E-state index is -0.894. The summed E-state index contributed by atoms with van der Waals surface area (Å²) >= 11 is 0. The van der Waals surface area contributed by atoms with Crippen LogP contribution < -0.4 is 0 Å². The number of hydrogen-bond donors (Lipinski definition) is 3. The van der Waals surface area contributed by atoms with E-state index in [4.69, 9.17) is 10.2 Å². The van der Waals surface area contributed by atoms with Crippen LogP contribution >= 0.6 is 0 Å². The van der Waals surface area contributed by atoms with E-state index in [1.54, 1.807) is 24.3 Å². The van der Waals surface area contributed by atoms with Gasteiger partial charge in [0.2, 0.25) is 0 Å². The third kappa shape index (κ3) is 1.70. The Bertz CT molecular complexity index is 392. The molecule has 1 aromatic carbocycles. The van der Waals surface area contributed by atoms with Crippen molar-refractivity contribution >= 4 is 5.97 Å². The number of carboxylic acid groups (broad SMARTS) is 1. The molecular formula is C12H14O4. The minimum Gasteiger partial charge on any atom is -0.481 e. The van der Waals surface area contributed by atoms with Gasteiger partial charge in [0.1, 0.15) is 6.10 Å². The number of carboxylic acids is 1. The summed E-state index contributed by atoms with van der Waals surface area (Å²) in [7, 11) is 0. The Morgan fingerprint density at radius 1 is 1.31 bits per heavy atom. The van der Waals surface area contributed by atoms with Crippen molar-refractivity contribution in [2.24, 2.45) is 0 Å². The molecule has 2 rings (SSSR count). The summed E-state index contributed by atoms with van der Waals surface area (Å²) in [5.74, 6) is -0.789. The lowest BCUT2D eigenvalue weighted by molar-refractivity contribution is -0.140. The van der Waals surface area contributed by atoms with Crippen LogP contribution in [0.4, 0.5) is 0 Å². The number of carbonyl (C=O) groups is 1. The zero-order valence-corrected chi connectivity index (χ0v) is 8.76. The molecule has 0 amide bonds. The monoisotopic (exact) mass is 222 g/mol. The number of benzene rings is 1. The predicted molar refractivity (Wildman–Crippen MR) is 57.0 cm³/mol. The molecule has 0 bridgehead atoms. The van der Waals surface area contributed by atoms with Crippen molar-refractivity contribution in [3.05, 3.63) is 35.4 Å². The fourth-order valence-electron chi connectivity index (χ4n) is 1.88. The highest BCUT2D eigenvalue weighted by molar-refractivity contribution is 5.84. The van der Waals surface area contributed by atoms with E-state index in [1.807, 2.05) is 0 Å². The van der Waals surface area contributed by atoms with E-state index in [2.05, 4.69) is 0 Å². The molecule has 86 valence electrons. The van der Waals surface area contributed by atoms with E-state index >= 15 is 0 Å².